The van der Waals surface area contributed by atoms with E-state index in [1.165, 1.54) is 23.1 Å². The molecule has 6 rings (SSSR count). The van der Waals surface area contributed by atoms with E-state index in [2.05, 4.69) is 20.6 Å². The molecule has 1 saturated carbocycles. The molecule has 2 aromatic carbocycles. The first-order valence-corrected chi connectivity index (χ1v) is 12.8. The molecular formula is C24H20N4O4S2. The van der Waals surface area contributed by atoms with Crippen molar-refractivity contribution in [1.82, 2.24) is 15.3 Å². The Hall–Kier alpha value is -3.37. The number of pyridine rings is 1. The number of anilines is 1. The maximum absolute atomic E-state index is 12.8. The van der Waals surface area contributed by atoms with Crippen molar-refractivity contribution in [2.45, 2.75) is 23.9 Å². The molecule has 34 heavy (non-hydrogen) atoms. The fraction of sp³-hybridized carbons (Fsp3) is 0.250. The smallest absolute Gasteiger partial charge is 0.252 e. The molecule has 3 heterocycles. The lowest BCUT2D eigenvalue weighted by molar-refractivity contribution is -0.113. The van der Waals surface area contributed by atoms with Gasteiger partial charge in [-0.25, -0.2) is 9.97 Å². The quantitative estimate of drug-likeness (QED) is 0.388. The van der Waals surface area contributed by atoms with E-state index in [1.807, 2.05) is 36.4 Å². The number of nitrogens with one attached hydrogen (secondary N) is 2. The average molecular weight is 493 g/mol. The van der Waals surface area contributed by atoms with E-state index in [-0.39, 0.29) is 23.6 Å². The van der Waals surface area contributed by atoms with E-state index in [4.69, 9.17) is 9.47 Å². The maximum Gasteiger partial charge on any atom is 0.252 e. The Morgan fingerprint density at radius 3 is 2.65 bits per heavy atom. The van der Waals surface area contributed by atoms with Crippen LogP contribution in [0.5, 0.6) is 11.5 Å². The lowest BCUT2D eigenvalue weighted by atomic mass is 10.1. The van der Waals surface area contributed by atoms with Crippen molar-refractivity contribution in [3.05, 3.63) is 48.0 Å². The highest BCUT2D eigenvalue weighted by molar-refractivity contribution is 7.99. The molecule has 172 valence electrons. The van der Waals surface area contributed by atoms with Crippen LogP contribution in [0.2, 0.25) is 0 Å². The maximum atomic E-state index is 12.8. The standard InChI is InChI=1S/C24H20N4O4S2/c29-21(28-24-27-17-10-18-19(11-20(17)34-24)32-8-7-31-18)12-33-22-9-15(23(30)25-13-5-6-13)14-3-1-2-4-16(14)26-22/h1-4,9-11,13H,5-8,12H2,(H,25,30)(H,27,28,29). The fourth-order valence-electron chi connectivity index (χ4n) is 3.72. The zero-order valence-electron chi connectivity index (χ0n) is 18.0. The van der Waals surface area contributed by atoms with Crippen LogP contribution in [0, 0.1) is 0 Å². The third-order valence-electron chi connectivity index (χ3n) is 5.50. The predicted octanol–water partition coefficient (Wildman–Crippen LogP) is 4.24. The molecule has 2 aromatic heterocycles. The van der Waals surface area contributed by atoms with Crippen LogP contribution in [0.25, 0.3) is 21.1 Å². The number of nitrogens with zero attached hydrogens (tertiary/aromatic N) is 2. The number of fused-ring (bicyclic) bond motifs is 3. The minimum Gasteiger partial charge on any atom is -0.486 e. The topological polar surface area (TPSA) is 102 Å². The highest BCUT2D eigenvalue weighted by atomic mass is 32.2. The van der Waals surface area contributed by atoms with Crippen LogP contribution >= 0.6 is 23.1 Å². The number of thiazole rings is 1. The number of carbonyl (C=O) groups is 2. The second kappa shape index (κ2) is 8.77. The van der Waals surface area contributed by atoms with Crippen LogP contribution in [0.4, 0.5) is 5.13 Å². The van der Waals surface area contributed by atoms with Crippen molar-refractivity contribution < 1.29 is 19.1 Å². The van der Waals surface area contributed by atoms with Crippen LogP contribution < -0.4 is 20.1 Å². The highest BCUT2D eigenvalue weighted by Gasteiger charge is 2.25. The SMILES string of the molecule is O=C(CSc1cc(C(=O)NC2CC2)c2ccccc2n1)Nc1nc2cc3c(cc2s1)OCCO3. The van der Waals surface area contributed by atoms with Gasteiger partial charge in [0.05, 0.1) is 32.1 Å². The van der Waals surface area contributed by atoms with Gasteiger partial charge in [-0.2, -0.15) is 0 Å². The zero-order valence-corrected chi connectivity index (χ0v) is 19.6. The Balaban J connectivity index is 1.17. The normalized spacial score (nSPS) is 14.8. The molecule has 1 aliphatic carbocycles. The number of rotatable bonds is 6. The molecule has 10 heteroatoms. The highest BCUT2D eigenvalue weighted by Crippen LogP contribution is 2.38. The monoisotopic (exact) mass is 492 g/mol. The van der Waals surface area contributed by atoms with Crippen LogP contribution in [0.3, 0.4) is 0 Å². The number of carbonyl (C=O) groups excluding carboxylic acids is 2. The van der Waals surface area contributed by atoms with Gasteiger partial charge >= 0.3 is 0 Å². The molecule has 4 aromatic rings. The largest absolute Gasteiger partial charge is 0.486 e. The van der Waals surface area contributed by atoms with Crippen molar-refractivity contribution in [3.63, 3.8) is 0 Å². The van der Waals surface area contributed by atoms with Gasteiger partial charge in [0.1, 0.15) is 13.2 Å². The third-order valence-corrected chi connectivity index (χ3v) is 7.34. The Bertz CT molecular complexity index is 1390. The van der Waals surface area contributed by atoms with Gasteiger partial charge in [-0.15, -0.1) is 0 Å². The Morgan fingerprint density at radius 1 is 1.03 bits per heavy atom. The van der Waals surface area contributed by atoms with Crippen molar-refractivity contribution >= 4 is 61.2 Å². The first-order valence-electron chi connectivity index (χ1n) is 11.0. The number of benzene rings is 2. The number of amides is 2. The molecule has 0 radical (unpaired) electrons. The fourth-order valence-corrected chi connectivity index (χ4v) is 5.32. The molecule has 2 amide bonds. The van der Waals surface area contributed by atoms with Crippen molar-refractivity contribution in [1.29, 1.82) is 0 Å². The summed E-state index contributed by atoms with van der Waals surface area (Å²) in [6, 6.07) is 13.3. The number of para-hydroxylation sites is 1. The summed E-state index contributed by atoms with van der Waals surface area (Å²) in [6.45, 7) is 1.03. The van der Waals surface area contributed by atoms with E-state index in [1.54, 1.807) is 6.07 Å². The van der Waals surface area contributed by atoms with Crippen molar-refractivity contribution in [2.24, 2.45) is 0 Å². The number of hydrogen-bond acceptors (Lipinski definition) is 8. The zero-order chi connectivity index (χ0) is 23.1. The van der Waals surface area contributed by atoms with Crippen LogP contribution in [0.15, 0.2) is 47.5 Å². The van der Waals surface area contributed by atoms with E-state index in [0.717, 1.165) is 34.0 Å². The molecule has 0 atom stereocenters. The van der Waals surface area contributed by atoms with E-state index < -0.39 is 0 Å². The first-order chi connectivity index (χ1) is 16.6. The second-order valence-electron chi connectivity index (χ2n) is 8.09. The number of thioether (sulfide) groups is 1. The Morgan fingerprint density at radius 2 is 1.82 bits per heavy atom. The summed E-state index contributed by atoms with van der Waals surface area (Å²) in [4.78, 5) is 34.5. The third kappa shape index (κ3) is 4.38. The van der Waals surface area contributed by atoms with Crippen LogP contribution in [-0.4, -0.2) is 46.8 Å². The predicted molar refractivity (Wildman–Crippen MR) is 132 cm³/mol. The van der Waals surface area contributed by atoms with Crippen LogP contribution in [-0.2, 0) is 4.79 Å². The molecular weight excluding hydrogens is 472 g/mol. The molecule has 2 aliphatic rings. The van der Waals surface area contributed by atoms with Gasteiger partial charge in [0.15, 0.2) is 16.6 Å². The van der Waals surface area contributed by atoms with E-state index in [0.29, 0.717) is 40.4 Å². The van der Waals surface area contributed by atoms with Gasteiger partial charge in [0, 0.05) is 23.6 Å². The minimum atomic E-state index is -0.194. The number of aromatic nitrogens is 2. The molecule has 2 N–H and O–H groups in total. The minimum absolute atomic E-state index is 0.0995. The summed E-state index contributed by atoms with van der Waals surface area (Å²) in [5, 5.41) is 7.84. The average Bonchev–Trinajstić information content (AvgIpc) is 3.58. The lowest BCUT2D eigenvalue weighted by Gasteiger charge is -2.17. The molecule has 8 nitrogen and oxygen atoms in total. The van der Waals surface area contributed by atoms with Crippen LogP contribution in [0.1, 0.15) is 23.2 Å². The summed E-state index contributed by atoms with van der Waals surface area (Å²) in [5.41, 5.74) is 2.06. The van der Waals surface area contributed by atoms with Gasteiger partial charge < -0.3 is 20.1 Å². The Kier molecular flexibility index (Phi) is 5.46. The molecule has 1 aliphatic heterocycles. The van der Waals surface area contributed by atoms with Gasteiger partial charge in [0.2, 0.25) is 5.91 Å². The van der Waals surface area contributed by atoms with E-state index in [9.17, 15) is 9.59 Å². The lowest BCUT2D eigenvalue weighted by Crippen LogP contribution is -2.25. The summed E-state index contributed by atoms with van der Waals surface area (Å²) in [6.07, 6.45) is 2.04. The number of ether oxygens (including phenoxy) is 2. The van der Waals surface area contributed by atoms with Crippen molar-refractivity contribution in [3.8, 4) is 11.5 Å². The molecule has 0 spiro atoms. The summed E-state index contributed by atoms with van der Waals surface area (Å²) in [5.74, 6) is 1.21. The van der Waals surface area contributed by atoms with Gasteiger partial charge in [-0.1, -0.05) is 41.3 Å². The molecule has 0 unspecified atom stereocenters. The van der Waals surface area contributed by atoms with Crippen molar-refractivity contribution in [2.75, 3.05) is 24.3 Å². The molecule has 0 saturated heterocycles. The second-order valence-corrected chi connectivity index (χ2v) is 10.1. The van der Waals surface area contributed by atoms with Gasteiger partial charge in [-0.3, -0.25) is 9.59 Å². The van der Waals surface area contributed by atoms with E-state index >= 15 is 0 Å². The summed E-state index contributed by atoms with van der Waals surface area (Å²) >= 11 is 2.67. The molecule has 0 bridgehead atoms. The van der Waals surface area contributed by atoms with Gasteiger partial charge in [0.25, 0.3) is 5.91 Å². The number of hydrogen-bond donors (Lipinski definition) is 2. The first kappa shape index (κ1) is 21.2. The Labute approximate surface area is 203 Å². The molecule has 1 fully saturated rings. The summed E-state index contributed by atoms with van der Waals surface area (Å²) < 4.78 is 12.1. The van der Waals surface area contributed by atoms with Gasteiger partial charge in [-0.05, 0) is 25.0 Å². The summed E-state index contributed by atoms with van der Waals surface area (Å²) in [7, 11) is 0.